The summed E-state index contributed by atoms with van der Waals surface area (Å²) in [7, 11) is 0. The Bertz CT molecular complexity index is 223. The van der Waals surface area contributed by atoms with E-state index in [9.17, 15) is 0 Å². The first-order chi connectivity index (χ1) is 8.05. The summed E-state index contributed by atoms with van der Waals surface area (Å²) in [6.45, 7) is 11.4. The summed E-state index contributed by atoms with van der Waals surface area (Å²) in [4.78, 5) is 2.59. The first-order valence-electron chi connectivity index (χ1n) is 7.16. The Morgan fingerprint density at radius 1 is 1.18 bits per heavy atom. The van der Waals surface area contributed by atoms with Crippen molar-refractivity contribution in [1.29, 1.82) is 0 Å². The van der Waals surface area contributed by atoms with Gasteiger partial charge in [-0.15, -0.1) is 0 Å². The number of nitrogens with one attached hydrogen (secondary N) is 1. The second kappa shape index (κ2) is 5.68. The zero-order valence-corrected chi connectivity index (χ0v) is 11.7. The van der Waals surface area contributed by atoms with Crippen LogP contribution in [0.25, 0.3) is 0 Å². The molecule has 0 aromatic carbocycles. The second-order valence-corrected chi connectivity index (χ2v) is 6.48. The van der Waals surface area contributed by atoms with Crippen LogP contribution in [-0.2, 0) is 4.74 Å². The summed E-state index contributed by atoms with van der Waals surface area (Å²) >= 11 is 0. The van der Waals surface area contributed by atoms with Crippen LogP contribution in [0.5, 0.6) is 0 Å². The minimum absolute atomic E-state index is 0.333. The van der Waals surface area contributed by atoms with E-state index >= 15 is 0 Å². The fraction of sp³-hybridized carbons (Fsp3) is 1.00. The molecule has 2 aliphatic rings. The average molecular weight is 240 g/mol. The molecule has 0 aromatic heterocycles. The van der Waals surface area contributed by atoms with Gasteiger partial charge in [0.15, 0.2) is 0 Å². The molecule has 0 saturated carbocycles. The Hall–Kier alpha value is -0.120. The van der Waals surface area contributed by atoms with Crippen LogP contribution in [0, 0.1) is 0 Å². The number of hydrogen-bond donors (Lipinski definition) is 1. The SMILES string of the molecule is CC(C)(C)N1CCC(NCC2CCCO2)CC1. The molecular formula is C14H28N2O. The Labute approximate surface area is 106 Å². The summed E-state index contributed by atoms with van der Waals surface area (Å²) in [5.41, 5.74) is 0.333. The minimum Gasteiger partial charge on any atom is -0.377 e. The molecule has 3 nitrogen and oxygen atoms in total. The van der Waals surface area contributed by atoms with E-state index in [2.05, 4.69) is 31.0 Å². The van der Waals surface area contributed by atoms with Crippen LogP contribution in [0.1, 0.15) is 46.5 Å². The highest BCUT2D eigenvalue weighted by Crippen LogP contribution is 2.20. The third-order valence-corrected chi connectivity index (χ3v) is 4.10. The van der Waals surface area contributed by atoms with Gasteiger partial charge in [-0.2, -0.15) is 0 Å². The lowest BCUT2D eigenvalue weighted by molar-refractivity contribution is 0.0820. The van der Waals surface area contributed by atoms with Gasteiger partial charge in [0, 0.05) is 37.8 Å². The smallest absolute Gasteiger partial charge is 0.0700 e. The zero-order valence-electron chi connectivity index (χ0n) is 11.7. The van der Waals surface area contributed by atoms with Gasteiger partial charge in [0.1, 0.15) is 0 Å². The number of likely N-dealkylation sites (tertiary alicyclic amines) is 1. The van der Waals surface area contributed by atoms with E-state index in [1.807, 2.05) is 0 Å². The minimum atomic E-state index is 0.333. The topological polar surface area (TPSA) is 24.5 Å². The number of piperidine rings is 1. The molecule has 2 rings (SSSR count). The second-order valence-electron chi connectivity index (χ2n) is 6.48. The molecule has 17 heavy (non-hydrogen) atoms. The van der Waals surface area contributed by atoms with Gasteiger partial charge in [-0.05, 0) is 46.5 Å². The quantitative estimate of drug-likeness (QED) is 0.817. The molecule has 0 spiro atoms. The van der Waals surface area contributed by atoms with Gasteiger partial charge in [-0.3, -0.25) is 4.90 Å². The van der Waals surface area contributed by atoms with Crippen LogP contribution in [0.3, 0.4) is 0 Å². The molecule has 100 valence electrons. The molecule has 0 aliphatic carbocycles. The molecule has 1 N–H and O–H groups in total. The highest BCUT2D eigenvalue weighted by Gasteiger charge is 2.27. The summed E-state index contributed by atoms with van der Waals surface area (Å²) in [5.74, 6) is 0. The number of ether oxygens (including phenoxy) is 1. The Morgan fingerprint density at radius 2 is 1.88 bits per heavy atom. The maximum atomic E-state index is 5.65. The molecule has 1 atom stereocenters. The van der Waals surface area contributed by atoms with Crippen molar-refractivity contribution in [2.24, 2.45) is 0 Å². The molecule has 2 heterocycles. The van der Waals surface area contributed by atoms with Crippen molar-refractivity contribution in [1.82, 2.24) is 10.2 Å². The van der Waals surface area contributed by atoms with Crippen molar-refractivity contribution in [2.45, 2.75) is 64.1 Å². The monoisotopic (exact) mass is 240 g/mol. The summed E-state index contributed by atoms with van der Waals surface area (Å²) in [6, 6.07) is 0.706. The standard InChI is InChI=1S/C14H28N2O/c1-14(2,3)16-8-6-12(7-9-16)15-11-13-5-4-10-17-13/h12-13,15H,4-11H2,1-3H3. The van der Waals surface area contributed by atoms with Gasteiger partial charge >= 0.3 is 0 Å². The summed E-state index contributed by atoms with van der Waals surface area (Å²) in [6.07, 6.45) is 5.53. The van der Waals surface area contributed by atoms with Gasteiger partial charge in [-0.1, -0.05) is 0 Å². The largest absolute Gasteiger partial charge is 0.377 e. The van der Waals surface area contributed by atoms with Gasteiger partial charge in [0.25, 0.3) is 0 Å². The highest BCUT2D eigenvalue weighted by molar-refractivity contribution is 4.85. The lowest BCUT2D eigenvalue weighted by atomic mass is 9.98. The lowest BCUT2D eigenvalue weighted by Crippen LogP contribution is -2.50. The van der Waals surface area contributed by atoms with E-state index in [4.69, 9.17) is 4.74 Å². The van der Waals surface area contributed by atoms with Gasteiger partial charge < -0.3 is 10.1 Å². The Balaban J connectivity index is 1.65. The van der Waals surface area contributed by atoms with E-state index < -0.39 is 0 Å². The third kappa shape index (κ3) is 3.94. The van der Waals surface area contributed by atoms with Gasteiger partial charge in [0.05, 0.1) is 6.10 Å². The van der Waals surface area contributed by atoms with Crippen molar-refractivity contribution in [2.75, 3.05) is 26.2 Å². The average Bonchev–Trinajstić information content (AvgIpc) is 2.78. The van der Waals surface area contributed by atoms with Crippen molar-refractivity contribution < 1.29 is 4.74 Å². The van der Waals surface area contributed by atoms with E-state index in [0.29, 0.717) is 17.7 Å². The highest BCUT2D eigenvalue weighted by atomic mass is 16.5. The third-order valence-electron chi connectivity index (χ3n) is 4.10. The predicted octanol–water partition coefficient (Wildman–Crippen LogP) is 2.02. The van der Waals surface area contributed by atoms with Crippen LogP contribution in [-0.4, -0.2) is 48.8 Å². The molecule has 0 amide bonds. The molecule has 0 bridgehead atoms. The van der Waals surface area contributed by atoms with Crippen LogP contribution < -0.4 is 5.32 Å². The summed E-state index contributed by atoms with van der Waals surface area (Å²) < 4.78 is 5.65. The molecule has 2 fully saturated rings. The maximum absolute atomic E-state index is 5.65. The fourth-order valence-electron chi connectivity index (χ4n) is 2.86. The van der Waals surface area contributed by atoms with E-state index in [0.717, 1.165) is 13.2 Å². The van der Waals surface area contributed by atoms with E-state index in [1.54, 1.807) is 0 Å². The first-order valence-corrected chi connectivity index (χ1v) is 7.16. The molecule has 3 heteroatoms. The number of hydrogen-bond acceptors (Lipinski definition) is 3. The molecular weight excluding hydrogens is 212 g/mol. The Kier molecular flexibility index (Phi) is 4.45. The molecule has 2 aliphatic heterocycles. The van der Waals surface area contributed by atoms with Crippen LogP contribution >= 0.6 is 0 Å². The summed E-state index contributed by atoms with van der Waals surface area (Å²) in [5, 5.41) is 3.68. The fourth-order valence-corrected chi connectivity index (χ4v) is 2.86. The van der Waals surface area contributed by atoms with Gasteiger partial charge in [0.2, 0.25) is 0 Å². The predicted molar refractivity (Wildman–Crippen MR) is 71.3 cm³/mol. The molecule has 0 radical (unpaired) electrons. The number of rotatable bonds is 3. The van der Waals surface area contributed by atoms with Crippen molar-refractivity contribution in [3.8, 4) is 0 Å². The normalized spacial score (nSPS) is 28.8. The Morgan fingerprint density at radius 3 is 2.41 bits per heavy atom. The van der Waals surface area contributed by atoms with Crippen molar-refractivity contribution in [3.63, 3.8) is 0 Å². The van der Waals surface area contributed by atoms with Crippen molar-refractivity contribution in [3.05, 3.63) is 0 Å². The van der Waals surface area contributed by atoms with Gasteiger partial charge in [-0.25, -0.2) is 0 Å². The number of nitrogens with zero attached hydrogens (tertiary/aromatic N) is 1. The van der Waals surface area contributed by atoms with Crippen molar-refractivity contribution >= 4 is 0 Å². The maximum Gasteiger partial charge on any atom is 0.0700 e. The van der Waals surface area contributed by atoms with E-state index in [1.165, 1.54) is 38.8 Å². The molecule has 0 aromatic rings. The zero-order chi connectivity index (χ0) is 12.3. The van der Waals surface area contributed by atoms with Crippen LogP contribution in [0.2, 0.25) is 0 Å². The molecule has 1 unspecified atom stereocenters. The molecule has 2 saturated heterocycles. The van der Waals surface area contributed by atoms with Crippen LogP contribution in [0.15, 0.2) is 0 Å². The first kappa shape index (κ1) is 13.3. The lowest BCUT2D eigenvalue weighted by Gasteiger charge is -2.41. The van der Waals surface area contributed by atoms with E-state index in [-0.39, 0.29) is 0 Å². The van der Waals surface area contributed by atoms with Crippen LogP contribution in [0.4, 0.5) is 0 Å².